The molecular formula is C10H6Br2S. The van der Waals surface area contributed by atoms with Gasteiger partial charge in [0.2, 0.25) is 0 Å². The second-order valence-electron chi connectivity index (χ2n) is 2.57. The van der Waals surface area contributed by atoms with E-state index in [1.807, 2.05) is 6.07 Å². The summed E-state index contributed by atoms with van der Waals surface area (Å²) in [5.74, 6) is 0. The highest BCUT2D eigenvalue weighted by molar-refractivity contribution is 9.11. The molecule has 0 aliphatic rings. The van der Waals surface area contributed by atoms with E-state index in [9.17, 15) is 0 Å². The fourth-order valence-corrected chi connectivity index (χ4v) is 3.64. The van der Waals surface area contributed by atoms with Gasteiger partial charge in [-0.1, -0.05) is 44.0 Å². The SMILES string of the molecule is Brc1cccc(Br)c1-c1cccs1. The largest absolute Gasteiger partial charge is 0.144 e. The summed E-state index contributed by atoms with van der Waals surface area (Å²) in [5, 5.41) is 2.08. The second kappa shape index (κ2) is 3.95. The first-order valence-electron chi connectivity index (χ1n) is 3.77. The van der Waals surface area contributed by atoms with Gasteiger partial charge < -0.3 is 0 Å². The van der Waals surface area contributed by atoms with Crippen molar-refractivity contribution in [2.24, 2.45) is 0 Å². The number of thiophene rings is 1. The smallest absolute Gasteiger partial charge is 0.0365 e. The fraction of sp³-hybridized carbons (Fsp3) is 0. The van der Waals surface area contributed by atoms with E-state index in [-0.39, 0.29) is 0 Å². The van der Waals surface area contributed by atoms with Gasteiger partial charge in [0.1, 0.15) is 0 Å². The van der Waals surface area contributed by atoms with Crippen LogP contribution in [0.1, 0.15) is 0 Å². The van der Waals surface area contributed by atoms with Crippen LogP contribution in [0.3, 0.4) is 0 Å². The van der Waals surface area contributed by atoms with Crippen molar-refractivity contribution in [3.63, 3.8) is 0 Å². The van der Waals surface area contributed by atoms with E-state index in [2.05, 4.69) is 61.5 Å². The number of halogens is 2. The van der Waals surface area contributed by atoms with E-state index in [1.165, 1.54) is 10.4 Å². The molecule has 0 aliphatic heterocycles. The van der Waals surface area contributed by atoms with Crippen molar-refractivity contribution < 1.29 is 0 Å². The predicted molar refractivity (Wildman–Crippen MR) is 65.2 cm³/mol. The van der Waals surface area contributed by atoms with Crippen LogP contribution in [0.25, 0.3) is 10.4 Å². The Kier molecular flexibility index (Phi) is 2.86. The van der Waals surface area contributed by atoms with Gasteiger partial charge in [0.05, 0.1) is 0 Å². The molecule has 0 unspecified atom stereocenters. The van der Waals surface area contributed by atoms with Crippen molar-refractivity contribution in [1.29, 1.82) is 0 Å². The zero-order chi connectivity index (χ0) is 9.26. The van der Waals surface area contributed by atoms with Crippen LogP contribution in [-0.4, -0.2) is 0 Å². The normalized spacial score (nSPS) is 10.3. The van der Waals surface area contributed by atoms with Crippen molar-refractivity contribution in [1.82, 2.24) is 0 Å². The summed E-state index contributed by atoms with van der Waals surface area (Å²) in [6.07, 6.45) is 0. The highest BCUT2D eigenvalue weighted by atomic mass is 79.9. The lowest BCUT2D eigenvalue weighted by atomic mass is 10.2. The van der Waals surface area contributed by atoms with Crippen LogP contribution in [0, 0.1) is 0 Å². The first kappa shape index (κ1) is 9.44. The molecule has 66 valence electrons. The van der Waals surface area contributed by atoms with Crippen LogP contribution in [0.4, 0.5) is 0 Å². The van der Waals surface area contributed by atoms with Crippen molar-refractivity contribution in [2.45, 2.75) is 0 Å². The standard InChI is InChI=1S/C10H6Br2S/c11-7-3-1-4-8(12)10(7)9-5-2-6-13-9/h1-6H. The molecule has 0 fully saturated rings. The Balaban J connectivity index is 2.64. The molecule has 0 nitrogen and oxygen atoms in total. The average molecular weight is 318 g/mol. The molecule has 0 saturated heterocycles. The molecule has 0 saturated carbocycles. The first-order valence-corrected chi connectivity index (χ1v) is 6.23. The minimum Gasteiger partial charge on any atom is -0.144 e. The highest BCUT2D eigenvalue weighted by Gasteiger charge is 2.07. The lowest BCUT2D eigenvalue weighted by molar-refractivity contribution is 1.60. The number of hydrogen-bond acceptors (Lipinski definition) is 1. The van der Waals surface area contributed by atoms with Gasteiger partial charge in [-0.3, -0.25) is 0 Å². The molecule has 0 spiro atoms. The Morgan fingerprint density at radius 1 is 0.923 bits per heavy atom. The molecule has 13 heavy (non-hydrogen) atoms. The van der Waals surface area contributed by atoms with Crippen LogP contribution >= 0.6 is 43.2 Å². The molecule has 0 radical (unpaired) electrons. The Morgan fingerprint density at radius 2 is 1.62 bits per heavy atom. The molecular weight excluding hydrogens is 312 g/mol. The van der Waals surface area contributed by atoms with Gasteiger partial charge in [-0.05, 0) is 23.6 Å². The Labute approximate surface area is 97.9 Å². The van der Waals surface area contributed by atoms with Gasteiger partial charge in [0.25, 0.3) is 0 Å². The molecule has 1 heterocycles. The molecule has 0 aliphatic carbocycles. The van der Waals surface area contributed by atoms with E-state index in [1.54, 1.807) is 11.3 Å². The summed E-state index contributed by atoms with van der Waals surface area (Å²) in [6, 6.07) is 10.3. The third-order valence-corrected chi connectivity index (χ3v) is 3.94. The fourth-order valence-electron chi connectivity index (χ4n) is 1.15. The number of rotatable bonds is 1. The Hall–Kier alpha value is -0.120. The quantitative estimate of drug-likeness (QED) is 0.699. The van der Waals surface area contributed by atoms with Crippen LogP contribution in [0.5, 0.6) is 0 Å². The van der Waals surface area contributed by atoms with E-state index >= 15 is 0 Å². The lowest BCUT2D eigenvalue weighted by Gasteiger charge is -2.03. The molecule has 1 aromatic carbocycles. The van der Waals surface area contributed by atoms with Gasteiger partial charge in [0, 0.05) is 19.4 Å². The first-order chi connectivity index (χ1) is 6.29. The summed E-state index contributed by atoms with van der Waals surface area (Å²) in [7, 11) is 0. The van der Waals surface area contributed by atoms with Gasteiger partial charge in [-0.15, -0.1) is 11.3 Å². The van der Waals surface area contributed by atoms with Crippen LogP contribution in [-0.2, 0) is 0 Å². The second-order valence-corrected chi connectivity index (χ2v) is 5.23. The minimum absolute atomic E-state index is 1.13. The van der Waals surface area contributed by atoms with Crippen molar-refractivity contribution in [3.05, 3.63) is 44.7 Å². The summed E-state index contributed by atoms with van der Waals surface area (Å²) >= 11 is 8.83. The third kappa shape index (κ3) is 1.87. The number of hydrogen-bond donors (Lipinski definition) is 0. The summed E-state index contributed by atoms with van der Waals surface area (Å²) in [4.78, 5) is 1.28. The van der Waals surface area contributed by atoms with Crippen LogP contribution in [0.15, 0.2) is 44.7 Å². The van der Waals surface area contributed by atoms with E-state index in [4.69, 9.17) is 0 Å². The van der Waals surface area contributed by atoms with Gasteiger partial charge in [-0.25, -0.2) is 0 Å². The molecule has 0 atom stereocenters. The summed E-state index contributed by atoms with van der Waals surface area (Å²) < 4.78 is 2.26. The average Bonchev–Trinajstić information content (AvgIpc) is 2.57. The van der Waals surface area contributed by atoms with Crippen molar-refractivity contribution in [3.8, 4) is 10.4 Å². The van der Waals surface area contributed by atoms with Crippen molar-refractivity contribution >= 4 is 43.2 Å². The minimum atomic E-state index is 1.13. The van der Waals surface area contributed by atoms with Gasteiger partial charge in [0.15, 0.2) is 0 Å². The van der Waals surface area contributed by atoms with Gasteiger partial charge in [-0.2, -0.15) is 0 Å². The topological polar surface area (TPSA) is 0 Å². The maximum absolute atomic E-state index is 3.55. The molecule has 0 bridgehead atoms. The molecule has 1 aromatic heterocycles. The summed E-state index contributed by atoms with van der Waals surface area (Å²) in [5.41, 5.74) is 1.23. The Morgan fingerprint density at radius 3 is 2.15 bits per heavy atom. The molecule has 0 N–H and O–H groups in total. The van der Waals surface area contributed by atoms with Crippen molar-refractivity contribution in [2.75, 3.05) is 0 Å². The predicted octanol–water partition coefficient (Wildman–Crippen LogP) is 4.94. The maximum atomic E-state index is 3.55. The number of benzene rings is 1. The molecule has 2 rings (SSSR count). The van der Waals surface area contributed by atoms with Gasteiger partial charge >= 0.3 is 0 Å². The van der Waals surface area contributed by atoms with E-state index < -0.39 is 0 Å². The van der Waals surface area contributed by atoms with Crippen LogP contribution in [0.2, 0.25) is 0 Å². The zero-order valence-corrected chi connectivity index (χ0v) is 10.6. The third-order valence-electron chi connectivity index (χ3n) is 1.73. The highest BCUT2D eigenvalue weighted by Crippen LogP contribution is 2.37. The molecule has 0 amide bonds. The maximum Gasteiger partial charge on any atom is 0.0365 e. The molecule has 3 heteroatoms. The Bertz CT molecular complexity index is 387. The zero-order valence-electron chi connectivity index (χ0n) is 6.63. The van der Waals surface area contributed by atoms with E-state index in [0.29, 0.717) is 0 Å². The van der Waals surface area contributed by atoms with E-state index in [0.717, 1.165) is 8.95 Å². The van der Waals surface area contributed by atoms with Crippen LogP contribution < -0.4 is 0 Å². The summed E-state index contributed by atoms with van der Waals surface area (Å²) in [6.45, 7) is 0. The molecule has 2 aromatic rings. The monoisotopic (exact) mass is 316 g/mol. The lowest BCUT2D eigenvalue weighted by Crippen LogP contribution is -1.76.